The van der Waals surface area contributed by atoms with Gasteiger partial charge in [0.15, 0.2) is 0 Å². The zero-order valence-corrected chi connectivity index (χ0v) is 6.01. The third-order valence-electron chi connectivity index (χ3n) is 2.62. The number of nitrogens with zero attached hydrogens (tertiary/aromatic N) is 2. The molecule has 3 heterocycles. The molecule has 3 fully saturated rings. The van der Waals surface area contributed by atoms with Crippen molar-refractivity contribution in [2.45, 2.75) is 12.8 Å². The predicted molar refractivity (Wildman–Crippen MR) is 38.0 cm³/mol. The van der Waals surface area contributed by atoms with Crippen LogP contribution < -0.4 is 0 Å². The molecule has 3 aliphatic heterocycles. The number of nitriles is 1. The third kappa shape index (κ3) is 0.819. The Labute approximate surface area is 61.4 Å². The van der Waals surface area contributed by atoms with E-state index in [1.807, 2.05) is 0 Å². The largest absolute Gasteiger partial charge is 0.302 e. The Morgan fingerprint density at radius 2 is 2.10 bits per heavy atom. The summed E-state index contributed by atoms with van der Waals surface area (Å²) < 4.78 is 0. The van der Waals surface area contributed by atoms with Crippen LogP contribution in [-0.2, 0) is 0 Å². The molecule has 3 rings (SSSR count). The summed E-state index contributed by atoms with van der Waals surface area (Å²) in [5.41, 5.74) is 0. The molecule has 2 heteroatoms. The topological polar surface area (TPSA) is 27.0 Å². The van der Waals surface area contributed by atoms with Crippen LogP contribution in [-0.4, -0.2) is 24.5 Å². The van der Waals surface area contributed by atoms with Crippen molar-refractivity contribution in [1.82, 2.24) is 4.90 Å². The molecule has 10 heavy (non-hydrogen) atoms. The standard InChI is InChI=1S/C8H11N2/c9-5-8-6-10-3-1-7(8)2-4-10/h7H,1-4,6H2. The molecule has 3 aliphatic rings. The van der Waals surface area contributed by atoms with Crippen molar-refractivity contribution in [3.63, 3.8) is 0 Å². The summed E-state index contributed by atoms with van der Waals surface area (Å²) in [7, 11) is 0. The van der Waals surface area contributed by atoms with Gasteiger partial charge in [-0.05, 0) is 31.8 Å². The fourth-order valence-electron chi connectivity index (χ4n) is 1.94. The fourth-order valence-corrected chi connectivity index (χ4v) is 1.94. The second-order valence-corrected chi connectivity index (χ2v) is 3.19. The minimum Gasteiger partial charge on any atom is -0.302 e. The molecule has 0 spiro atoms. The molecule has 0 aromatic rings. The van der Waals surface area contributed by atoms with Crippen molar-refractivity contribution in [3.05, 3.63) is 5.92 Å². The summed E-state index contributed by atoms with van der Waals surface area (Å²) in [4.78, 5) is 2.37. The lowest BCUT2D eigenvalue weighted by molar-refractivity contribution is 0.143. The van der Waals surface area contributed by atoms with E-state index in [0.29, 0.717) is 5.92 Å². The predicted octanol–water partition coefficient (Wildman–Crippen LogP) is 0.810. The second kappa shape index (κ2) is 2.25. The van der Waals surface area contributed by atoms with Crippen molar-refractivity contribution in [2.75, 3.05) is 19.6 Å². The molecule has 53 valence electrons. The van der Waals surface area contributed by atoms with Crippen LogP contribution in [0.5, 0.6) is 0 Å². The van der Waals surface area contributed by atoms with Gasteiger partial charge >= 0.3 is 0 Å². The number of rotatable bonds is 0. The number of hydrogen-bond donors (Lipinski definition) is 0. The van der Waals surface area contributed by atoms with Gasteiger partial charge in [-0.1, -0.05) is 0 Å². The van der Waals surface area contributed by atoms with Gasteiger partial charge in [0.25, 0.3) is 0 Å². The fraction of sp³-hybridized carbons (Fsp3) is 0.750. The Hall–Kier alpha value is -0.550. The van der Waals surface area contributed by atoms with Crippen molar-refractivity contribution in [1.29, 1.82) is 5.26 Å². The van der Waals surface area contributed by atoms with Gasteiger partial charge in [0.2, 0.25) is 0 Å². The smallest absolute Gasteiger partial charge is 0.0930 e. The molecule has 0 unspecified atom stereocenters. The Morgan fingerprint density at radius 1 is 1.40 bits per heavy atom. The van der Waals surface area contributed by atoms with Crippen LogP contribution in [0.4, 0.5) is 0 Å². The molecule has 0 aromatic heterocycles. The van der Waals surface area contributed by atoms with E-state index in [0.717, 1.165) is 12.5 Å². The molecule has 0 amide bonds. The quantitative estimate of drug-likeness (QED) is 0.491. The first kappa shape index (κ1) is 6.18. The lowest BCUT2D eigenvalue weighted by Crippen LogP contribution is -2.45. The van der Waals surface area contributed by atoms with Crippen LogP contribution >= 0.6 is 0 Å². The Morgan fingerprint density at radius 3 is 2.40 bits per heavy atom. The molecule has 3 saturated heterocycles. The van der Waals surface area contributed by atoms with Crippen LogP contribution in [0.15, 0.2) is 0 Å². The van der Waals surface area contributed by atoms with E-state index in [4.69, 9.17) is 5.26 Å². The average Bonchev–Trinajstić information content (AvgIpc) is 2.06. The van der Waals surface area contributed by atoms with Crippen LogP contribution in [0.2, 0.25) is 0 Å². The molecule has 2 bridgehead atoms. The summed E-state index contributed by atoms with van der Waals surface area (Å²) in [6, 6.07) is 2.31. The van der Waals surface area contributed by atoms with Gasteiger partial charge in [0.1, 0.15) is 0 Å². The van der Waals surface area contributed by atoms with Gasteiger partial charge in [-0.3, -0.25) is 0 Å². The van der Waals surface area contributed by atoms with E-state index in [-0.39, 0.29) is 0 Å². The lowest BCUT2D eigenvalue weighted by atomic mass is 9.80. The SMILES string of the molecule is N#C[C]1CN2CCC1CC2. The Bertz CT molecular complexity index is 163. The first-order valence-corrected chi connectivity index (χ1v) is 3.88. The van der Waals surface area contributed by atoms with E-state index in [1.54, 1.807) is 0 Å². The minimum absolute atomic E-state index is 0.648. The molecule has 0 N–H and O–H groups in total. The molecule has 1 radical (unpaired) electrons. The van der Waals surface area contributed by atoms with E-state index >= 15 is 0 Å². The molecule has 0 atom stereocenters. The third-order valence-corrected chi connectivity index (χ3v) is 2.62. The van der Waals surface area contributed by atoms with Gasteiger partial charge in [0.05, 0.1) is 12.0 Å². The van der Waals surface area contributed by atoms with Crippen LogP contribution in [0.1, 0.15) is 12.8 Å². The zero-order valence-electron chi connectivity index (χ0n) is 6.01. The summed E-state index contributed by atoms with van der Waals surface area (Å²) in [6.45, 7) is 3.40. The van der Waals surface area contributed by atoms with Crippen LogP contribution in [0.25, 0.3) is 0 Å². The first-order valence-electron chi connectivity index (χ1n) is 3.88. The maximum absolute atomic E-state index is 8.70. The second-order valence-electron chi connectivity index (χ2n) is 3.19. The summed E-state index contributed by atoms with van der Waals surface area (Å²) in [6.07, 6.45) is 2.45. The first-order chi connectivity index (χ1) is 4.90. The highest BCUT2D eigenvalue weighted by Gasteiger charge is 2.34. The summed E-state index contributed by atoms with van der Waals surface area (Å²) in [5.74, 6) is 1.77. The zero-order chi connectivity index (χ0) is 6.97. The van der Waals surface area contributed by atoms with Crippen molar-refractivity contribution >= 4 is 0 Å². The maximum Gasteiger partial charge on any atom is 0.0930 e. The van der Waals surface area contributed by atoms with Crippen molar-refractivity contribution in [2.24, 2.45) is 5.92 Å². The highest BCUT2D eigenvalue weighted by molar-refractivity contribution is 5.20. The van der Waals surface area contributed by atoms with Crippen molar-refractivity contribution < 1.29 is 0 Å². The van der Waals surface area contributed by atoms with E-state index in [2.05, 4.69) is 11.0 Å². The highest BCUT2D eigenvalue weighted by Crippen LogP contribution is 2.32. The summed E-state index contributed by atoms with van der Waals surface area (Å²) in [5, 5.41) is 8.70. The maximum atomic E-state index is 8.70. The number of hydrogen-bond acceptors (Lipinski definition) is 2. The Balaban J connectivity index is 2.09. The van der Waals surface area contributed by atoms with E-state index in [1.165, 1.54) is 25.9 Å². The molecule has 0 aromatic carbocycles. The van der Waals surface area contributed by atoms with Crippen molar-refractivity contribution in [3.8, 4) is 6.07 Å². The Kier molecular flexibility index (Phi) is 1.39. The van der Waals surface area contributed by atoms with Gasteiger partial charge in [-0.25, -0.2) is 0 Å². The molecule has 2 nitrogen and oxygen atoms in total. The van der Waals surface area contributed by atoms with E-state index in [9.17, 15) is 0 Å². The highest BCUT2D eigenvalue weighted by atomic mass is 15.1. The monoisotopic (exact) mass is 135 g/mol. The molecule has 0 aliphatic carbocycles. The van der Waals surface area contributed by atoms with Gasteiger partial charge in [0, 0.05) is 6.54 Å². The van der Waals surface area contributed by atoms with Crippen LogP contribution in [0, 0.1) is 23.2 Å². The summed E-state index contributed by atoms with van der Waals surface area (Å²) >= 11 is 0. The van der Waals surface area contributed by atoms with Gasteiger partial charge < -0.3 is 4.90 Å². The van der Waals surface area contributed by atoms with E-state index < -0.39 is 0 Å². The normalized spacial score (nSPS) is 39.5. The van der Waals surface area contributed by atoms with Gasteiger partial charge in [-0.15, -0.1) is 0 Å². The number of piperidine rings is 3. The minimum atomic E-state index is 0.648. The average molecular weight is 135 g/mol. The molecular formula is C8H11N2. The lowest BCUT2D eigenvalue weighted by Gasteiger charge is -2.41. The molecular weight excluding hydrogens is 124 g/mol. The number of fused-ring (bicyclic) bond motifs is 3. The van der Waals surface area contributed by atoms with Crippen LogP contribution in [0.3, 0.4) is 0 Å². The molecule has 0 saturated carbocycles. The van der Waals surface area contributed by atoms with Gasteiger partial charge in [-0.2, -0.15) is 5.26 Å².